The van der Waals surface area contributed by atoms with Crippen molar-refractivity contribution in [3.8, 4) is 56.2 Å². The molecule has 238 valence electrons. The van der Waals surface area contributed by atoms with Crippen LogP contribution in [0.4, 0.5) is 0 Å². The highest BCUT2D eigenvalue weighted by atomic mass is 32.1. The van der Waals surface area contributed by atoms with Gasteiger partial charge in [0, 0.05) is 36.9 Å². The summed E-state index contributed by atoms with van der Waals surface area (Å²) in [6.45, 7) is 0. The van der Waals surface area contributed by atoms with Gasteiger partial charge in [-0.05, 0) is 92.3 Å². The van der Waals surface area contributed by atoms with Crippen LogP contribution in [0.3, 0.4) is 0 Å². The van der Waals surface area contributed by atoms with E-state index < -0.39 is 0 Å². The third-order valence-corrected chi connectivity index (χ3v) is 11.0. The first-order valence-corrected chi connectivity index (χ1v) is 18.0. The number of hydrogen-bond donors (Lipinski definition) is 0. The van der Waals surface area contributed by atoms with E-state index in [2.05, 4.69) is 176 Å². The van der Waals surface area contributed by atoms with Crippen molar-refractivity contribution < 1.29 is 0 Å². The molecule has 51 heavy (non-hydrogen) atoms. The van der Waals surface area contributed by atoms with E-state index in [9.17, 15) is 0 Å². The molecule has 0 saturated heterocycles. The van der Waals surface area contributed by atoms with Crippen LogP contribution in [0.2, 0.25) is 0 Å². The molecule has 10 rings (SSSR count). The minimum absolute atomic E-state index is 0.707. The zero-order valence-electron chi connectivity index (χ0n) is 27.6. The molecule has 0 N–H and O–H groups in total. The molecule has 0 fully saturated rings. The summed E-state index contributed by atoms with van der Waals surface area (Å²) >= 11 is 1.85. The molecular formula is C48H30N2S. The second-order valence-electron chi connectivity index (χ2n) is 13.0. The molecule has 0 amide bonds. The number of benzene rings is 8. The Labute approximate surface area is 300 Å². The Kier molecular flexibility index (Phi) is 7.04. The molecule has 0 unspecified atom stereocenters. The molecule has 2 heterocycles. The molecule has 10 aromatic rings. The van der Waals surface area contributed by atoms with Crippen molar-refractivity contribution in [2.24, 2.45) is 0 Å². The zero-order chi connectivity index (χ0) is 33.7. The molecule has 0 spiro atoms. The minimum atomic E-state index is 0.707. The molecule has 0 saturated carbocycles. The van der Waals surface area contributed by atoms with Crippen molar-refractivity contribution in [3.05, 3.63) is 182 Å². The second-order valence-corrected chi connectivity index (χ2v) is 14.1. The predicted molar refractivity (Wildman–Crippen MR) is 217 cm³/mol. The van der Waals surface area contributed by atoms with Crippen LogP contribution in [0.1, 0.15) is 0 Å². The van der Waals surface area contributed by atoms with E-state index in [0.29, 0.717) is 5.82 Å². The highest BCUT2D eigenvalue weighted by Gasteiger charge is 2.16. The fourth-order valence-corrected chi connectivity index (χ4v) is 8.45. The monoisotopic (exact) mass is 666 g/mol. The zero-order valence-corrected chi connectivity index (χ0v) is 28.4. The Morgan fingerprint density at radius 3 is 1.71 bits per heavy atom. The van der Waals surface area contributed by atoms with Gasteiger partial charge in [-0.15, -0.1) is 11.3 Å². The minimum Gasteiger partial charge on any atom is -0.228 e. The van der Waals surface area contributed by atoms with Gasteiger partial charge in [0.15, 0.2) is 5.82 Å². The molecule has 0 aliphatic carbocycles. The van der Waals surface area contributed by atoms with E-state index in [0.717, 1.165) is 39.2 Å². The topological polar surface area (TPSA) is 25.8 Å². The largest absolute Gasteiger partial charge is 0.228 e. The van der Waals surface area contributed by atoms with Crippen LogP contribution >= 0.6 is 11.3 Å². The Morgan fingerprint density at radius 1 is 0.314 bits per heavy atom. The van der Waals surface area contributed by atoms with Crippen LogP contribution in [0.25, 0.3) is 97.9 Å². The predicted octanol–water partition coefficient (Wildman–Crippen LogP) is 13.5. The number of aromatic nitrogens is 2. The Balaban J connectivity index is 1.23. The summed E-state index contributed by atoms with van der Waals surface area (Å²) in [5.41, 5.74) is 9.57. The normalized spacial score (nSPS) is 11.5. The van der Waals surface area contributed by atoms with Gasteiger partial charge in [-0.2, -0.15) is 0 Å². The lowest BCUT2D eigenvalue weighted by Gasteiger charge is -2.15. The summed E-state index contributed by atoms with van der Waals surface area (Å²) < 4.78 is 2.61. The van der Waals surface area contributed by atoms with E-state index in [1.54, 1.807) is 0 Å². The average Bonchev–Trinajstić information content (AvgIpc) is 3.59. The SMILES string of the molecule is c1ccc(-c2cc(-c3ccc4sc5ccccc5c4c3)cc(-c3cc(-c4cc5ccccc5c5ccccc45)nc(-c4ccccc4)n3)c2)cc1. The van der Waals surface area contributed by atoms with Gasteiger partial charge in [-0.3, -0.25) is 0 Å². The first-order valence-electron chi connectivity index (χ1n) is 17.2. The maximum Gasteiger partial charge on any atom is 0.160 e. The Bertz CT molecular complexity index is 2910. The lowest BCUT2D eigenvalue weighted by molar-refractivity contribution is 1.19. The molecule has 2 nitrogen and oxygen atoms in total. The van der Waals surface area contributed by atoms with Gasteiger partial charge in [0.05, 0.1) is 11.4 Å². The van der Waals surface area contributed by atoms with Crippen molar-refractivity contribution in [1.29, 1.82) is 0 Å². The van der Waals surface area contributed by atoms with Gasteiger partial charge in [0.1, 0.15) is 0 Å². The average molecular weight is 667 g/mol. The number of thiophene rings is 1. The molecule has 0 aliphatic rings. The highest BCUT2D eigenvalue weighted by molar-refractivity contribution is 7.25. The second kappa shape index (κ2) is 12.2. The summed E-state index contributed by atoms with van der Waals surface area (Å²) in [7, 11) is 0. The summed E-state index contributed by atoms with van der Waals surface area (Å²) in [4.78, 5) is 10.5. The van der Waals surface area contributed by atoms with Crippen LogP contribution in [0, 0.1) is 0 Å². The fourth-order valence-electron chi connectivity index (χ4n) is 7.36. The van der Waals surface area contributed by atoms with Gasteiger partial charge < -0.3 is 0 Å². The standard InChI is InChI=1S/C48H30N2S/c1-3-13-31(14-4-1)35-25-36(33-23-24-47-43(28-33)41-21-11-12-22-46(41)51-47)27-37(26-35)44-30-45(50-48(49-44)32-15-5-2-6-16-32)42-29-34-17-7-8-18-38(34)39-19-9-10-20-40(39)42/h1-30H. The van der Waals surface area contributed by atoms with E-state index in [1.165, 1.54) is 52.8 Å². The summed E-state index contributed by atoms with van der Waals surface area (Å²) in [6, 6.07) is 65.1. The molecule has 0 aliphatic heterocycles. The number of fused-ring (bicyclic) bond motifs is 6. The lowest BCUT2D eigenvalue weighted by Crippen LogP contribution is -1.97. The molecule has 8 aromatic carbocycles. The van der Waals surface area contributed by atoms with Gasteiger partial charge in [0.2, 0.25) is 0 Å². The van der Waals surface area contributed by atoms with Crippen LogP contribution in [-0.4, -0.2) is 9.97 Å². The Hall–Kier alpha value is -6.42. The molecule has 2 aromatic heterocycles. The third-order valence-electron chi connectivity index (χ3n) is 9.85. The van der Waals surface area contributed by atoms with Gasteiger partial charge in [-0.1, -0.05) is 133 Å². The first kappa shape index (κ1) is 29.5. The molecular weight excluding hydrogens is 637 g/mol. The fraction of sp³-hybridized carbons (Fsp3) is 0. The number of rotatable bonds is 5. The molecule has 0 bridgehead atoms. The van der Waals surface area contributed by atoms with E-state index in [1.807, 2.05) is 17.4 Å². The van der Waals surface area contributed by atoms with Crippen LogP contribution in [-0.2, 0) is 0 Å². The number of hydrogen-bond acceptors (Lipinski definition) is 3. The van der Waals surface area contributed by atoms with Gasteiger partial charge >= 0.3 is 0 Å². The first-order chi connectivity index (χ1) is 25.2. The van der Waals surface area contributed by atoms with E-state index in [-0.39, 0.29) is 0 Å². The molecule has 0 atom stereocenters. The van der Waals surface area contributed by atoms with Crippen LogP contribution < -0.4 is 0 Å². The molecule has 0 radical (unpaired) electrons. The van der Waals surface area contributed by atoms with Crippen molar-refractivity contribution >= 4 is 53.1 Å². The number of nitrogens with zero attached hydrogens (tertiary/aromatic N) is 2. The van der Waals surface area contributed by atoms with Crippen molar-refractivity contribution in [1.82, 2.24) is 9.97 Å². The smallest absolute Gasteiger partial charge is 0.160 e. The quantitative estimate of drug-likeness (QED) is 0.171. The highest BCUT2D eigenvalue weighted by Crippen LogP contribution is 2.40. The Morgan fingerprint density at radius 2 is 0.902 bits per heavy atom. The third kappa shape index (κ3) is 5.27. The maximum atomic E-state index is 5.28. The summed E-state index contributed by atoms with van der Waals surface area (Å²) in [6.07, 6.45) is 0. The van der Waals surface area contributed by atoms with E-state index >= 15 is 0 Å². The van der Waals surface area contributed by atoms with Crippen molar-refractivity contribution in [2.75, 3.05) is 0 Å². The molecule has 3 heteroatoms. The van der Waals surface area contributed by atoms with Crippen LogP contribution in [0.5, 0.6) is 0 Å². The summed E-state index contributed by atoms with van der Waals surface area (Å²) in [5.74, 6) is 0.707. The van der Waals surface area contributed by atoms with Crippen LogP contribution in [0.15, 0.2) is 182 Å². The maximum absolute atomic E-state index is 5.28. The van der Waals surface area contributed by atoms with Crippen molar-refractivity contribution in [3.63, 3.8) is 0 Å². The van der Waals surface area contributed by atoms with Gasteiger partial charge in [0.25, 0.3) is 0 Å². The van der Waals surface area contributed by atoms with Gasteiger partial charge in [-0.25, -0.2) is 9.97 Å². The lowest BCUT2D eigenvalue weighted by atomic mass is 9.93. The van der Waals surface area contributed by atoms with Crippen molar-refractivity contribution in [2.45, 2.75) is 0 Å². The summed E-state index contributed by atoms with van der Waals surface area (Å²) in [5, 5.41) is 7.42. The van der Waals surface area contributed by atoms with E-state index in [4.69, 9.17) is 9.97 Å².